The Morgan fingerprint density at radius 3 is 2.33 bits per heavy atom. The van der Waals surface area contributed by atoms with E-state index in [4.69, 9.17) is 0 Å². The van der Waals surface area contributed by atoms with E-state index in [1.54, 1.807) is 0 Å². The first-order chi connectivity index (χ1) is 9.70. The van der Waals surface area contributed by atoms with Gasteiger partial charge in [-0.25, -0.2) is 8.42 Å². The number of rotatable bonds is 7. The van der Waals surface area contributed by atoms with Crippen molar-refractivity contribution in [1.82, 2.24) is 9.62 Å². The van der Waals surface area contributed by atoms with Gasteiger partial charge in [0.15, 0.2) is 0 Å². The molecule has 0 unspecified atom stereocenters. The highest BCUT2D eigenvalue weighted by Crippen LogP contribution is 2.10. The predicted octanol–water partition coefficient (Wildman–Crippen LogP) is 1.78. The molecule has 0 saturated heterocycles. The average Bonchev–Trinajstić information content (AvgIpc) is 2.35. The van der Waals surface area contributed by atoms with E-state index in [1.807, 2.05) is 38.1 Å². The van der Waals surface area contributed by atoms with Gasteiger partial charge in [-0.05, 0) is 31.5 Å². The molecule has 0 aliphatic heterocycles. The zero-order valence-corrected chi connectivity index (χ0v) is 14.9. The van der Waals surface area contributed by atoms with Crippen LogP contribution >= 0.6 is 15.9 Å². The summed E-state index contributed by atoms with van der Waals surface area (Å²) in [5.41, 5.74) is 0.916. The first kappa shape index (κ1) is 18.1. The third-order valence-corrected chi connectivity index (χ3v) is 4.92. The lowest BCUT2D eigenvalue weighted by Gasteiger charge is -2.23. The van der Waals surface area contributed by atoms with E-state index in [9.17, 15) is 13.2 Å². The van der Waals surface area contributed by atoms with Gasteiger partial charge in [0.05, 0.1) is 12.7 Å². The lowest BCUT2D eigenvalue weighted by molar-refractivity contribution is -0.120. The van der Waals surface area contributed by atoms with Gasteiger partial charge < -0.3 is 5.32 Å². The largest absolute Gasteiger partial charge is 0.354 e. The Labute approximate surface area is 134 Å². The van der Waals surface area contributed by atoms with Gasteiger partial charge in [0, 0.05) is 23.6 Å². The number of nitrogens with one attached hydrogen (secondary N) is 1. The summed E-state index contributed by atoms with van der Waals surface area (Å²) < 4.78 is 25.5. The zero-order valence-electron chi connectivity index (χ0n) is 12.5. The van der Waals surface area contributed by atoms with Crippen molar-refractivity contribution in [2.24, 2.45) is 0 Å². The number of hydrogen-bond donors (Lipinski definition) is 1. The molecule has 5 nitrogen and oxygen atoms in total. The number of benzene rings is 1. The molecule has 0 saturated carbocycles. The summed E-state index contributed by atoms with van der Waals surface area (Å²) in [6, 6.07) is 7.39. The Kier molecular flexibility index (Phi) is 6.83. The molecule has 1 aromatic carbocycles. The smallest absolute Gasteiger partial charge is 0.224 e. The molecule has 0 aromatic heterocycles. The minimum atomic E-state index is -3.25. The lowest BCUT2D eigenvalue weighted by atomic mass is 10.1. The van der Waals surface area contributed by atoms with Gasteiger partial charge in [-0.1, -0.05) is 28.1 Å². The van der Waals surface area contributed by atoms with Crippen LogP contribution in [0.3, 0.4) is 0 Å². The second-order valence-electron chi connectivity index (χ2n) is 5.12. The molecule has 0 bridgehead atoms. The van der Waals surface area contributed by atoms with E-state index in [-0.39, 0.29) is 24.9 Å². The molecule has 0 fully saturated rings. The van der Waals surface area contributed by atoms with E-state index >= 15 is 0 Å². The molecule has 1 rings (SSSR count). The van der Waals surface area contributed by atoms with Crippen LogP contribution < -0.4 is 5.32 Å². The molecule has 0 aliphatic rings. The Hall–Kier alpha value is -0.920. The molecule has 118 valence electrons. The highest BCUT2D eigenvalue weighted by molar-refractivity contribution is 9.10. The van der Waals surface area contributed by atoms with Gasteiger partial charge in [0.2, 0.25) is 15.9 Å². The topological polar surface area (TPSA) is 66.5 Å². The fourth-order valence-corrected chi connectivity index (χ4v) is 3.42. The average molecular weight is 377 g/mol. The molecule has 0 aliphatic carbocycles. The van der Waals surface area contributed by atoms with Gasteiger partial charge in [-0.2, -0.15) is 4.31 Å². The second kappa shape index (κ2) is 7.91. The fourth-order valence-electron chi connectivity index (χ4n) is 1.96. The summed E-state index contributed by atoms with van der Waals surface area (Å²) >= 11 is 3.34. The van der Waals surface area contributed by atoms with Gasteiger partial charge in [0.1, 0.15) is 0 Å². The Balaban J connectivity index is 2.44. The second-order valence-corrected chi connectivity index (χ2v) is 7.97. The highest BCUT2D eigenvalue weighted by Gasteiger charge is 2.19. The molecule has 21 heavy (non-hydrogen) atoms. The van der Waals surface area contributed by atoms with Gasteiger partial charge >= 0.3 is 0 Å². The summed E-state index contributed by atoms with van der Waals surface area (Å²) in [4.78, 5) is 11.8. The van der Waals surface area contributed by atoms with E-state index in [2.05, 4.69) is 21.2 Å². The van der Waals surface area contributed by atoms with Crippen LogP contribution in [0.2, 0.25) is 0 Å². The van der Waals surface area contributed by atoms with Gasteiger partial charge in [-0.3, -0.25) is 4.79 Å². The van der Waals surface area contributed by atoms with Crippen LogP contribution in [0.5, 0.6) is 0 Å². The molecule has 1 aromatic rings. The number of hydrogen-bond acceptors (Lipinski definition) is 3. The molecule has 0 radical (unpaired) electrons. The summed E-state index contributed by atoms with van der Waals surface area (Å²) in [7, 11) is -3.25. The SMILES string of the molecule is CC(C)N(CCNC(=O)Cc1ccc(Br)cc1)S(C)(=O)=O. The van der Waals surface area contributed by atoms with Crippen LogP contribution in [-0.2, 0) is 21.2 Å². The monoisotopic (exact) mass is 376 g/mol. The van der Waals surface area contributed by atoms with Crippen molar-refractivity contribution in [1.29, 1.82) is 0 Å². The molecule has 1 amide bonds. The van der Waals surface area contributed by atoms with Crippen LogP contribution in [0.15, 0.2) is 28.7 Å². The third kappa shape index (κ3) is 6.58. The first-order valence-electron chi connectivity index (χ1n) is 6.68. The molecular weight excluding hydrogens is 356 g/mol. The maximum atomic E-state index is 11.8. The van der Waals surface area contributed by atoms with Crippen LogP contribution in [0.4, 0.5) is 0 Å². The van der Waals surface area contributed by atoms with E-state index in [0.717, 1.165) is 10.0 Å². The number of carbonyl (C=O) groups excluding carboxylic acids is 1. The molecule has 1 N–H and O–H groups in total. The molecule has 0 heterocycles. The van der Waals surface area contributed by atoms with Gasteiger partial charge in [0.25, 0.3) is 0 Å². The van der Waals surface area contributed by atoms with Crippen molar-refractivity contribution in [3.05, 3.63) is 34.3 Å². The lowest BCUT2D eigenvalue weighted by Crippen LogP contribution is -2.42. The number of amides is 1. The first-order valence-corrected chi connectivity index (χ1v) is 9.32. The summed E-state index contributed by atoms with van der Waals surface area (Å²) in [6.07, 6.45) is 1.46. The Morgan fingerprint density at radius 2 is 1.86 bits per heavy atom. The van der Waals surface area contributed by atoms with Crippen molar-refractivity contribution in [3.8, 4) is 0 Å². The molecular formula is C14H21BrN2O3S. The van der Waals surface area contributed by atoms with Crippen LogP contribution in [0.1, 0.15) is 19.4 Å². The quantitative estimate of drug-likeness (QED) is 0.788. The standard InChI is InChI=1S/C14H21BrN2O3S/c1-11(2)17(21(3,19)20)9-8-16-14(18)10-12-4-6-13(15)7-5-12/h4-7,11H,8-10H2,1-3H3,(H,16,18). The van der Waals surface area contributed by atoms with Crippen molar-refractivity contribution in [2.45, 2.75) is 26.3 Å². The number of nitrogens with zero attached hydrogens (tertiary/aromatic N) is 1. The third-order valence-electron chi connectivity index (χ3n) is 2.93. The zero-order chi connectivity index (χ0) is 16.0. The maximum Gasteiger partial charge on any atom is 0.224 e. The summed E-state index contributed by atoms with van der Waals surface area (Å²) in [5, 5.41) is 2.75. The van der Waals surface area contributed by atoms with Crippen LogP contribution in [0.25, 0.3) is 0 Å². The van der Waals surface area contributed by atoms with E-state index < -0.39 is 10.0 Å². The van der Waals surface area contributed by atoms with Gasteiger partial charge in [-0.15, -0.1) is 0 Å². The van der Waals surface area contributed by atoms with Crippen molar-refractivity contribution < 1.29 is 13.2 Å². The number of sulfonamides is 1. The van der Waals surface area contributed by atoms with E-state index in [1.165, 1.54) is 10.6 Å². The highest BCUT2D eigenvalue weighted by atomic mass is 79.9. The Bertz CT molecular complexity index is 570. The molecule has 7 heteroatoms. The van der Waals surface area contributed by atoms with Crippen molar-refractivity contribution >= 4 is 31.9 Å². The van der Waals surface area contributed by atoms with Crippen molar-refractivity contribution in [2.75, 3.05) is 19.3 Å². The fraction of sp³-hybridized carbons (Fsp3) is 0.500. The van der Waals surface area contributed by atoms with E-state index in [0.29, 0.717) is 6.54 Å². The Morgan fingerprint density at radius 1 is 1.29 bits per heavy atom. The van der Waals surface area contributed by atoms with Crippen molar-refractivity contribution in [3.63, 3.8) is 0 Å². The number of carbonyl (C=O) groups is 1. The summed E-state index contributed by atoms with van der Waals surface area (Å²) in [5.74, 6) is -0.116. The minimum absolute atomic E-state index is 0.116. The predicted molar refractivity (Wildman–Crippen MR) is 87.5 cm³/mol. The maximum absolute atomic E-state index is 11.8. The molecule has 0 spiro atoms. The minimum Gasteiger partial charge on any atom is -0.354 e. The van der Waals surface area contributed by atoms with Crippen LogP contribution in [0, 0.1) is 0 Å². The number of halogens is 1. The van der Waals surface area contributed by atoms with Crippen LogP contribution in [-0.4, -0.2) is 44.0 Å². The summed E-state index contributed by atoms with van der Waals surface area (Å²) in [6.45, 7) is 4.21. The normalized spacial score (nSPS) is 11.9. The molecule has 0 atom stereocenters.